The molecule has 2 heterocycles. The van der Waals surface area contributed by atoms with E-state index in [0.717, 1.165) is 6.42 Å². The minimum Gasteiger partial charge on any atom is -0.489 e. The summed E-state index contributed by atoms with van der Waals surface area (Å²) in [5, 5.41) is 13.9. The number of pyridine rings is 1. The number of carboxylic acid groups (broad SMARTS) is 1. The smallest absolute Gasteiger partial charge is 0.341 e. The van der Waals surface area contributed by atoms with E-state index in [0.29, 0.717) is 16.8 Å². The fraction of sp³-hybridized carbons (Fsp3) is 0.417. The van der Waals surface area contributed by atoms with Gasteiger partial charge in [0, 0.05) is 13.2 Å². The van der Waals surface area contributed by atoms with Gasteiger partial charge in [0.25, 0.3) is 0 Å². The normalized spacial score (nSPS) is 12.6. The van der Waals surface area contributed by atoms with Gasteiger partial charge in [0.15, 0.2) is 5.65 Å². The summed E-state index contributed by atoms with van der Waals surface area (Å²) in [6.45, 7) is 3.88. The van der Waals surface area contributed by atoms with Crippen LogP contribution < -0.4 is 4.74 Å². The molecular weight excluding hydrogens is 234 g/mol. The van der Waals surface area contributed by atoms with Crippen molar-refractivity contribution in [2.24, 2.45) is 7.05 Å². The predicted molar refractivity (Wildman–Crippen MR) is 65.8 cm³/mol. The molecule has 6 heteroatoms. The number of carbonyl (C=O) groups is 1. The van der Waals surface area contributed by atoms with Gasteiger partial charge in [-0.25, -0.2) is 9.78 Å². The third kappa shape index (κ3) is 2.01. The molecule has 0 radical (unpaired) electrons. The molecule has 0 amide bonds. The van der Waals surface area contributed by atoms with Crippen LogP contribution in [0, 0.1) is 0 Å². The number of carboxylic acids is 1. The first-order chi connectivity index (χ1) is 8.54. The Hall–Kier alpha value is -2.11. The fourth-order valence-electron chi connectivity index (χ4n) is 1.64. The number of nitrogens with zero attached hydrogens (tertiary/aromatic N) is 3. The van der Waals surface area contributed by atoms with Crippen molar-refractivity contribution >= 4 is 17.0 Å². The van der Waals surface area contributed by atoms with Crippen molar-refractivity contribution in [3.8, 4) is 5.75 Å². The molecule has 96 valence electrons. The zero-order valence-electron chi connectivity index (χ0n) is 10.5. The van der Waals surface area contributed by atoms with Crippen LogP contribution in [0.15, 0.2) is 12.4 Å². The number of rotatable bonds is 4. The van der Waals surface area contributed by atoms with Crippen molar-refractivity contribution in [2.75, 3.05) is 0 Å². The summed E-state index contributed by atoms with van der Waals surface area (Å²) >= 11 is 0. The Morgan fingerprint density at radius 1 is 1.56 bits per heavy atom. The van der Waals surface area contributed by atoms with Crippen LogP contribution in [0.2, 0.25) is 0 Å². The zero-order valence-corrected chi connectivity index (χ0v) is 10.5. The van der Waals surface area contributed by atoms with Gasteiger partial charge in [-0.05, 0) is 13.3 Å². The second kappa shape index (κ2) is 4.64. The molecule has 0 bridgehead atoms. The highest BCUT2D eigenvalue weighted by Crippen LogP contribution is 2.29. The first kappa shape index (κ1) is 12.3. The van der Waals surface area contributed by atoms with Crippen molar-refractivity contribution in [2.45, 2.75) is 26.4 Å². The summed E-state index contributed by atoms with van der Waals surface area (Å²) in [4.78, 5) is 15.3. The molecule has 1 unspecified atom stereocenters. The quantitative estimate of drug-likeness (QED) is 0.894. The molecule has 0 aromatic carbocycles. The van der Waals surface area contributed by atoms with Crippen molar-refractivity contribution in [3.05, 3.63) is 18.0 Å². The van der Waals surface area contributed by atoms with Crippen molar-refractivity contribution < 1.29 is 14.6 Å². The van der Waals surface area contributed by atoms with Gasteiger partial charge >= 0.3 is 5.97 Å². The highest BCUT2D eigenvalue weighted by Gasteiger charge is 2.19. The largest absolute Gasteiger partial charge is 0.489 e. The highest BCUT2D eigenvalue weighted by molar-refractivity contribution is 5.97. The molecule has 0 spiro atoms. The van der Waals surface area contributed by atoms with Crippen LogP contribution >= 0.6 is 0 Å². The van der Waals surface area contributed by atoms with Gasteiger partial charge in [-0.15, -0.1) is 0 Å². The van der Waals surface area contributed by atoms with Crippen LogP contribution in [0.3, 0.4) is 0 Å². The fourth-order valence-corrected chi connectivity index (χ4v) is 1.64. The summed E-state index contributed by atoms with van der Waals surface area (Å²) in [5.41, 5.74) is 0.675. The molecule has 0 aliphatic carbocycles. The van der Waals surface area contributed by atoms with Gasteiger partial charge in [0.1, 0.15) is 11.3 Å². The standard InChI is InChI=1S/C12H15N3O3/c1-4-7(2)18-10-8-6-14-15(3)11(8)13-5-9(10)12(16)17/h5-7H,4H2,1-3H3,(H,16,17). The summed E-state index contributed by atoms with van der Waals surface area (Å²) < 4.78 is 7.30. The maximum Gasteiger partial charge on any atom is 0.341 e. The molecule has 18 heavy (non-hydrogen) atoms. The number of aromatic nitrogens is 3. The molecule has 0 saturated heterocycles. The van der Waals surface area contributed by atoms with Crippen molar-refractivity contribution in [1.82, 2.24) is 14.8 Å². The van der Waals surface area contributed by atoms with Crippen LogP contribution in [-0.4, -0.2) is 31.9 Å². The Morgan fingerprint density at radius 2 is 2.28 bits per heavy atom. The summed E-state index contributed by atoms with van der Waals surface area (Å²) in [7, 11) is 1.75. The van der Waals surface area contributed by atoms with Crippen molar-refractivity contribution in [1.29, 1.82) is 0 Å². The van der Waals surface area contributed by atoms with Gasteiger partial charge in [0.2, 0.25) is 0 Å². The highest BCUT2D eigenvalue weighted by atomic mass is 16.5. The van der Waals surface area contributed by atoms with Crippen LogP contribution in [0.25, 0.3) is 11.0 Å². The van der Waals surface area contributed by atoms with E-state index in [2.05, 4.69) is 10.1 Å². The van der Waals surface area contributed by atoms with Gasteiger partial charge in [0.05, 0.1) is 17.7 Å². The molecule has 2 aromatic rings. The average molecular weight is 249 g/mol. The molecule has 2 rings (SSSR count). The first-order valence-electron chi connectivity index (χ1n) is 5.75. The molecule has 0 fully saturated rings. The summed E-state index contributed by atoms with van der Waals surface area (Å²) in [6.07, 6.45) is 3.62. The third-order valence-corrected chi connectivity index (χ3v) is 2.84. The Labute approximate surface area is 104 Å². The second-order valence-electron chi connectivity index (χ2n) is 4.15. The monoisotopic (exact) mass is 249 g/mol. The lowest BCUT2D eigenvalue weighted by atomic mass is 10.2. The summed E-state index contributed by atoms with van der Waals surface area (Å²) in [6, 6.07) is 0. The van der Waals surface area contributed by atoms with Gasteiger partial charge in [-0.3, -0.25) is 4.68 Å². The predicted octanol–water partition coefficient (Wildman–Crippen LogP) is 1.84. The topological polar surface area (TPSA) is 77.2 Å². The van der Waals surface area contributed by atoms with E-state index in [1.54, 1.807) is 17.9 Å². The number of hydrogen-bond donors (Lipinski definition) is 1. The van der Waals surface area contributed by atoms with E-state index < -0.39 is 5.97 Å². The van der Waals surface area contributed by atoms with Crippen LogP contribution in [0.1, 0.15) is 30.6 Å². The van der Waals surface area contributed by atoms with E-state index >= 15 is 0 Å². The van der Waals surface area contributed by atoms with Gasteiger partial charge in [-0.1, -0.05) is 6.92 Å². The lowest BCUT2D eigenvalue weighted by molar-refractivity contribution is 0.0689. The SMILES string of the molecule is CCC(C)Oc1c(C(=O)O)cnc2c1cnn2C. The molecule has 1 atom stereocenters. The molecular formula is C12H15N3O3. The van der Waals surface area contributed by atoms with E-state index in [1.165, 1.54) is 6.20 Å². The van der Waals surface area contributed by atoms with Crippen molar-refractivity contribution in [3.63, 3.8) is 0 Å². The Morgan fingerprint density at radius 3 is 2.89 bits per heavy atom. The number of hydrogen-bond acceptors (Lipinski definition) is 4. The van der Waals surface area contributed by atoms with E-state index in [1.807, 2.05) is 13.8 Å². The summed E-state index contributed by atoms with van der Waals surface area (Å²) in [5.74, 6) is -0.707. The average Bonchev–Trinajstić information content (AvgIpc) is 2.71. The maximum atomic E-state index is 11.2. The third-order valence-electron chi connectivity index (χ3n) is 2.84. The molecule has 1 N–H and O–H groups in total. The van der Waals surface area contributed by atoms with E-state index in [9.17, 15) is 9.90 Å². The molecule has 2 aromatic heterocycles. The molecule has 6 nitrogen and oxygen atoms in total. The molecule has 0 aliphatic rings. The number of aryl methyl sites for hydroxylation is 1. The zero-order chi connectivity index (χ0) is 13.3. The first-order valence-corrected chi connectivity index (χ1v) is 5.75. The Bertz CT molecular complexity index is 592. The number of ether oxygens (including phenoxy) is 1. The Balaban J connectivity index is 2.62. The Kier molecular flexibility index (Phi) is 3.18. The minimum atomic E-state index is -1.05. The van der Waals surface area contributed by atoms with Gasteiger partial charge < -0.3 is 9.84 Å². The maximum absolute atomic E-state index is 11.2. The van der Waals surface area contributed by atoms with E-state index in [4.69, 9.17) is 4.74 Å². The second-order valence-corrected chi connectivity index (χ2v) is 4.15. The van der Waals surface area contributed by atoms with Crippen LogP contribution in [0.5, 0.6) is 5.75 Å². The lowest BCUT2D eigenvalue weighted by Crippen LogP contribution is -2.13. The molecule has 0 aliphatic heterocycles. The van der Waals surface area contributed by atoms with Gasteiger partial charge in [-0.2, -0.15) is 5.10 Å². The van der Waals surface area contributed by atoms with E-state index in [-0.39, 0.29) is 11.7 Å². The number of aromatic carboxylic acids is 1. The number of fused-ring (bicyclic) bond motifs is 1. The molecule has 0 saturated carbocycles. The minimum absolute atomic E-state index is 0.0612. The lowest BCUT2D eigenvalue weighted by Gasteiger charge is -2.15. The van der Waals surface area contributed by atoms with Crippen LogP contribution in [0.4, 0.5) is 0 Å². The van der Waals surface area contributed by atoms with Crippen LogP contribution in [-0.2, 0) is 7.05 Å².